The van der Waals surface area contributed by atoms with Crippen LogP contribution >= 0.6 is 0 Å². The fraction of sp³-hybridized carbons (Fsp3) is 0.778. The Labute approximate surface area is 63.5 Å². The average Bonchev–Trinajstić information content (AvgIpc) is 2.03. The monoisotopic (exact) mass is 139 g/mol. The van der Waals surface area contributed by atoms with E-state index in [0.29, 0.717) is 0 Å². The largest absolute Gasteiger partial charge is 0.316 e. The minimum absolute atomic E-state index is 0.814. The Bertz CT molecular complexity index is 107. The zero-order valence-electron chi connectivity index (χ0n) is 6.77. The molecule has 1 atom stereocenters. The van der Waals surface area contributed by atoms with Crippen molar-refractivity contribution >= 4 is 0 Å². The maximum atomic E-state index is 3.37. The molecule has 0 radical (unpaired) electrons. The predicted octanol–water partition coefficient (Wildman–Crippen LogP) is 1.95. The Morgan fingerprint density at radius 1 is 1.60 bits per heavy atom. The molecule has 0 spiro atoms. The molecule has 1 N–H and O–H groups in total. The standard InChI is InChI=1S/C9H17N/c1-2-10-8-9-6-4-3-5-7-9/h4,6,9-10H,2-3,5,7-8H2,1H3. The SMILES string of the molecule is CCNCC1C=CCCC1. The van der Waals surface area contributed by atoms with E-state index in [-0.39, 0.29) is 0 Å². The molecule has 0 heterocycles. The molecule has 1 aliphatic rings. The van der Waals surface area contributed by atoms with Crippen molar-refractivity contribution in [3.05, 3.63) is 12.2 Å². The van der Waals surface area contributed by atoms with Crippen LogP contribution in [0.5, 0.6) is 0 Å². The molecule has 58 valence electrons. The predicted molar refractivity (Wildman–Crippen MR) is 45.0 cm³/mol. The van der Waals surface area contributed by atoms with Crippen LogP contribution in [0.2, 0.25) is 0 Å². The number of hydrogen-bond donors (Lipinski definition) is 1. The lowest BCUT2D eigenvalue weighted by atomic mass is 9.96. The zero-order chi connectivity index (χ0) is 7.23. The summed E-state index contributed by atoms with van der Waals surface area (Å²) in [4.78, 5) is 0. The van der Waals surface area contributed by atoms with Gasteiger partial charge in [-0.3, -0.25) is 0 Å². The molecule has 10 heavy (non-hydrogen) atoms. The Balaban J connectivity index is 2.13. The molecule has 1 nitrogen and oxygen atoms in total. The minimum Gasteiger partial charge on any atom is -0.316 e. The van der Waals surface area contributed by atoms with Crippen molar-refractivity contribution < 1.29 is 0 Å². The molecule has 1 heteroatoms. The van der Waals surface area contributed by atoms with E-state index < -0.39 is 0 Å². The first-order valence-electron chi connectivity index (χ1n) is 4.31. The average molecular weight is 139 g/mol. The van der Waals surface area contributed by atoms with Crippen LogP contribution in [0.15, 0.2) is 12.2 Å². The first kappa shape index (κ1) is 7.80. The van der Waals surface area contributed by atoms with E-state index in [0.717, 1.165) is 12.5 Å². The lowest BCUT2D eigenvalue weighted by molar-refractivity contribution is 0.501. The molecular weight excluding hydrogens is 122 g/mol. The number of hydrogen-bond acceptors (Lipinski definition) is 1. The minimum atomic E-state index is 0.814. The molecule has 1 rings (SSSR count). The quantitative estimate of drug-likeness (QED) is 0.589. The van der Waals surface area contributed by atoms with E-state index in [1.54, 1.807) is 0 Å². The summed E-state index contributed by atoms with van der Waals surface area (Å²) in [6, 6.07) is 0. The summed E-state index contributed by atoms with van der Waals surface area (Å²) >= 11 is 0. The van der Waals surface area contributed by atoms with Gasteiger partial charge in [0.1, 0.15) is 0 Å². The van der Waals surface area contributed by atoms with Crippen molar-refractivity contribution in [2.75, 3.05) is 13.1 Å². The molecule has 0 saturated carbocycles. The lowest BCUT2D eigenvalue weighted by Gasteiger charge is -2.15. The molecule has 0 amide bonds. The maximum Gasteiger partial charge on any atom is 0.00140 e. The van der Waals surface area contributed by atoms with Crippen LogP contribution < -0.4 is 5.32 Å². The molecule has 0 aromatic carbocycles. The fourth-order valence-corrected chi connectivity index (χ4v) is 1.38. The van der Waals surface area contributed by atoms with Crippen molar-refractivity contribution in [2.45, 2.75) is 26.2 Å². The molecule has 0 aromatic heterocycles. The van der Waals surface area contributed by atoms with Gasteiger partial charge in [0.05, 0.1) is 0 Å². The normalized spacial score (nSPS) is 25.1. The summed E-state index contributed by atoms with van der Waals surface area (Å²) in [6.07, 6.45) is 8.72. The van der Waals surface area contributed by atoms with Crippen molar-refractivity contribution in [3.63, 3.8) is 0 Å². The van der Waals surface area contributed by atoms with E-state index >= 15 is 0 Å². The molecule has 0 bridgehead atoms. The highest BCUT2D eigenvalue weighted by atomic mass is 14.8. The molecule has 0 aromatic rings. The van der Waals surface area contributed by atoms with E-state index in [4.69, 9.17) is 0 Å². The molecule has 0 aliphatic heterocycles. The van der Waals surface area contributed by atoms with Gasteiger partial charge >= 0.3 is 0 Å². The topological polar surface area (TPSA) is 12.0 Å². The van der Waals surface area contributed by atoms with Crippen LogP contribution in [0.4, 0.5) is 0 Å². The lowest BCUT2D eigenvalue weighted by Crippen LogP contribution is -2.22. The highest BCUT2D eigenvalue weighted by Crippen LogP contribution is 2.15. The molecule has 1 aliphatic carbocycles. The van der Waals surface area contributed by atoms with Gasteiger partial charge < -0.3 is 5.32 Å². The van der Waals surface area contributed by atoms with Crippen molar-refractivity contribution in [2.24, 2.45) is 5.92 Å². The van der Waals surface area contributed by atoms with Crippen LogP contribution in [0, 0.1) is 5.92 Å². The van der Waals surface area contributed by atoms with Crippen LogP contribution in [0.25, 0.3) is 0 Å². The summed E-state index contributed by atoms with van der Waals surface area (Å²) in [5.74, 6) is 0.814. The van der Waals surface area contributed by atoms with E-state index in [1.165, 1.54) is 25.8 Å². The van der Waals surface area contributed by atoms with Gasteiger partial charge in [-0.1, -0.05) is 19.1 Å². The Hall–Kier alpha value is -0.300. The first-order valence-corrected chi connectivity index (χ1v) is 4.31. The Morgan fingerprint density at radius 3 is 3.10 bits per heavy atom. The molecular formula is C9H17N. The van der Waals surface area contributed by atoms with E-state index in [9.17, 15) is 0 Å². The molecule has 0 saturated heterocycles. The van der Waals surface area contributed by atoms with Crippen LogP contribution in [0.1, 0.15) is 26.2 Å². The molecule has 0 fully saturated rings. The Kier molecular flexibility index (Phi) is 3.52. The summed E-state index contributed by atoms with van der Waals surface area (Å²) in [5, 5.41) is 3.37. The number of nitrogens with one attached hydrogen (secondary N) is 1. The second kappa shape index (κ2) is 4.51. The van der Waals surface area contributed by atoms with Crippen molar-refractivity contribution in [3.8, 4) is 0 Å². The summed E-state index contributed by atoms with van der Waals surface area (Å²) in [7, 11) is 0. The third kappa shape index (κ3) is 2.53. The van der Waals surface area contributed by atoms with Gasteiger partial charge in [-0.15, -0.1) is 0 Å². The van der Waals surface area contributed by atoms with Gasteiger partial charge in [0.25, 0.3) is 0 Å². The second-order valence-electron chi connectivity index (χ2n) is 2.93. The van der Waals surface area contributed by atoms with Crippen molar-refractivity contribution in [1.29, 1.82) is 0 Å². The highest BCUT2D eigenvalue weighted by Gasteiger charge is 2.05. The Morgan fingerprint density at radius 2 is 2.50 bits per heavy atom. The van der Waals surface area contributed by atoms with Gasteiger partial charge in [0.15, 0.2) is 0 Å². The van der Waals surface area contributed by atoms with Crippen molar-refractivity contribution in [1.82, 2.24) is 5.32 Å². The van der Waals surface area contributed by atoms with Gasteiger partial charge in [0.2, 0.25) is 0 Å². The zero-order valence-corrected chi connectivity index (χ0v) is 6.77. The smallest absolute Gasteiger partial charge is 0.00140 e. The summed E-state index contributed by atoms with van der Waals surface area (Å²) in [5.41, 5.74) is 0. The highest BCUT2D eigenvalue weighted by molar-refractivity contribution is 4.93. The van der Waals surface area contributed by atoms with Gasteiger partial charge in [-0.2, -0.15) is 0 Å². The molecule has 1 unspecified atom stereocenters. The second-order valence-corrected chi connectivity index (χ2v) is 2.93. The number of allylic oxidation sites excluding steroid dienone is 1. The third-order valence-electron chi connectivity index (χ3n) is 2.01. The summed E-state index contributed by atoms with van der Waals surface area (Å²) in [6.45, 7) is 4.43. The van der Waals surface area contributed by atoms with E-state index in [2.05, 4.69) is 24.4 Å². The van der Waals surface area contributed by atoms with Gasteiger partial charge in [0, 0.05) is 6.54 Å². The van der Waals surface area contributed by atoms with E-state index in [1.807, 2.05) is 0 Å². The van der Waals surface area contributed by atoms with Gasteiger partial charge in [-0.05, 0) is 31.7 Å². The first-order chi connectivity index (χ1) is 4.93. The third-order valence-corrected chi connectivity index (χ3v) is 2.01. The van der Waals surface area contributed by atoms with Crippen LogP contribution in [0.3, 0.4) is 0 Å². The summed E-state index contributed by atoms with van der Waals surface area (Å²) < 4.78 is 0. The van der Waals surface area contributed by atoms with Crippen LogP contribution in [-0.4, -0.2) is 13.1 Å². The van der Waals surface area contributed by atoms with Crippen LogP contribution in [-0.2, 0) is 0 Å². The van der Waals surface area contributed by atoms with Gasteiger partial charge in [-0.25, -0.2) is 0 Å². The maximum absolute atomic E-state index is 3.37. The fourth-order valence-electron chi connectivity index (χ4n) is 1.38. The number of rotatable bonds is 3.